The van der Waals surface area contributed by atoms with Crippen LogP contribution in [0.15, 0.2) is 6.07 Å². The molecule has 0 amide bonds. The molecule has 0 bridgehead atoms. The Bertz CT molecular complexity index is 600. The topological polar surface area (TPSA) is 59.0 Å². The number of piperidine rings is 1. The fraction of sp³-hybridized carbons (Fsp3) is 0.722. The Morgan fingerprint density at radius 2 is 2.21 bits per heavy atom. The van der Waals surface area contributed by atoms with Gasteiger partial charge in [0.1, 0.15) is 10.5 Å². The number of aromatic carboxylic acids is 1. The summed E-state index contributed by atoms with van der Waals surface area (Å²) in [5.41, 5.74) is 0.948. The number of likely N-dealkylation sites (tertiary alicyclic amines) is 1. The molecule has 1 aromatic heterocycles. The molecule has 1 aromatic rings. The van der Waals surface area contributed by atoms with E-state index in [2.05, 4.69) is 4.90 Å². The number of thiophene rings is 1. The van der Waals surface area contributed by atoms with Crippen molar-refractivity contribution in [3.05, 3.63) is 21.4 Å². The number of hydrogen-bond donors (Lipinski definition) is 1. The lowest BCUT2D eigenvalue weighted by molar-refractivity contribution is -0.0981. The summed E-state index contributed by atoms with van der Waals surface area (Å²) in [6.45, 7) is 5.69. The summed E-state index contributed by atoms with van der Waals surface area (Å²) in [5, 5.41) is 9.29. The van der Waals surface area contributed by atoms with Crippen LogP contribution in [0, 0.1) is 5.92 Å². The lowest BCUT2D eigenvalue weighted by atomic mass is 9.85. The fourth-order valence-electron chi connectivity index (χ4n) is 4.31. The van der Waals surface area contributed by atoms with Gasteiger partial charge in [-0.05, 0) is 49.7 Å². The van der Waals surface area contributed by atoms with E-state index in [1.807, 2.05) is 6.07 Å². The van der Waals surface area contributed by atoms with Crippen molar-refractivity contribution in [2.45, 2.75) is 37.7 Å². The zero-order valence-corrected chi connectivity index (χ0v) is 14.8. The monoisotopic (exact) mass is 351 g/mol. The summed E-state index contributed by atoms with van der Waals surface area (Å²) in [6, 6.07) is 1.86. The molecule has 1 N–H and O–H groups in total. The first-order chi connectivity index (χ1) is 11.7. The second-order valence-electron chi connectivity index (χ2n) is 7.25. The van der Waals surface area contributed by atoms with Crippen LogP contribution in [0.4, 0.5) is 0 Å². The Hall–Kier alpha value is -0.950. The Kier molecular flexibility index (Phi) is 4.64. The van der Waals surface area contributed by atoms with Crippen molar-refractivity contribution < 1.29 is 19.4 Å². The molecule has 3 aliphatic rings. The average molecular weight is 351 g/mol. The Morgan fingerprint density at radius 1 is 1.38 bits per heavy atom. The first-order valence-corrected chi connectivity index (χ1v) is 9.78. The van der Waals surface area contributed by atoms with Gasteiger partial charge in [-0.3, -0.25) is 0 Å². The summed E-state index contributed by atoms with van der Waals surface area (Å²) in [4.78, 5) is 15.5. The van der Waals surface area contributed by atoms with Crippen LogP contribution in [0.25, 0.3) is 0 Å². The number of carboxylic acids is 1. The van der Waals surface area contributed by atoms with Crippen molar-refractivity contribution in [2.24, 2.45) is 5.92 Å². The standard InChI is InChI=1S/C18H25NO4S/c20-17(21)15-10-14-3-9-23-18(16(14)24-15)4-6-19(7-5-18)11-13-2-1-8-22-12-13/h10,13H,1-9,11-12H2,(H,20,21). The van der Waals surface area contributed by atoms with Crippen LogP contribution in [-0.4, -0.2) is 55.4 Å². The van der Waals surface area contributed by atoms with Crippen molar-refractivity contribution in [1.29, 1.82) is 0 Å². The molecular formula is C18H25NO4S. The van der Waals surface area contributed by atoms with E-state index in [9.17, 15) is 9.90 Å². The molecule has 24 heavy (non-hydrogen) atoms. The Labute approximate surface area is 146 Å². The molecule has 0 saturated carbocycles. The van der Waals surface area contributed by atoms with E-state index >= 15 is 0 Å². The summed E-state index contributed by atoms with van der Waals surface area (Å²) in [7, 11) is 0. The Balaban J connectivity index is 1.44. The van der Waals surface area contributed by atoms with Gasteiger partial charge in [0, 0.05) is 31.1 Å². The van der Waals surface area contributed by atoms with Gasteiger partial charge in [-0.2, -0.15) is 0 Å². The summed E-state index contributed by atoms with van der Waals surface area (Å²) >= 11 is 1.42. The molecule has 0 aromatic carbocycles. The second kappa shape index (κ2) is 6.75. The maximum absolute atomic E-state index is 11.3. The van der Waals surface area contributed by atoms with E-state index in [1.54, 1.807) is 0 Å². The highest BCUT2D eigenvalue weighted by Gasteiger charge is 2.43. The normalized spacial score (nSPS) is 27.1. The van der Waals surface area contributed by atoms with Crippen LogP contribution < -0.4 is 0 Å². The van der Waals surface area contributed by atoms with Crippen LogP contribution in [0.3, 0.4) is 0 Å². The van der Waals surface area contributed by atoms with Gasteiger partial charge in [0.05, 0.1) is 13.2 Å². The quantitative estimate of drug-likeness (QED) is 0.907. The third-order valence-corrected chi connectivity index (χ3v) is 6.97. The minimum atomic E-state index is -0.820. The summed E-state index contributed by atoms with van der Waals surface area (Å²) < 4.78 is 11.8. The molecule has 2 fully saturated rings. The third kappa shape index (κ3) is 3.12. The van der Waals surface area contributed by atoms with Crippen LogP contribution in [-0.2, 0) is 21.5 Å². The van der Waals surface area contributed by atoms with Gasteiger partial charge >= 0.3 is 5.97 Å². The molecule has 6 heteroatoms. The van der Waals surface area contributed by atoms with Gasteiger partial charge in [-0.1, -0.05) is 0 Å². The Morgan fingerprint density at radius 3 is 2.92 bits per heavy atom. The van der Waals surface area contributed by atoms with Gasteiger partial charge in [-0.15, -0.1) is 11.3 Å². The molecule has 1 unspecified atom stereocenters. The third-order valence-electron chi connectivity index (χ3n) is 5.62. The van der Waals surface area contributed by atoms with E-state index in [1.165, 1.54) is 34.6 Å². The predicted octanol–water partition coefficient (Wildman–Crippen LogP) is 2.74. The number of carboxylic acid groups (broad SMARTS) is 1. The minimum Gasteiger partial charge on any atom is -0.477 e. The van der Waals surface area contributed by atoms with Crippen molar-refractivity contribution in [1.82, 2.24) is 4.90 Å². The van der Waals surface area contributed by atoms with Crippen molar-refractivity contribution >= 4 is 17.3 Å². The number of hydrogen-bond acceptors (Lipinski definition) is 5. The highest BCUT2D eigenvalue weighted by molar-refractivity contribution is 7.14. The SMILES string of the molecule is O=C(O)c1cc2c(s1)C1(CCN(CC3CCCOC3)CC1)OCC2. The van der Waals surface area contributed by atoms with Crippen LogP contribution >= 0.6 is 11.3 Å². The molecule has 0 radical (unpaired) electrons. The first kappa shape index (κ1) is 16.5. The van der Waals surface area contributed by atoms with Gasteiger partial charge in [0.15, 0.2) is 0 Å². The first-order valence-electron chi connectivity index (χ1n) is 8.97. The smallest absolute Gasteiger partial charge is 0.345 e. The number of nitrogens with zero attached hydrogens (tertiary/aromatic N) is 1. The summed E-state index contributed by atoms with van der Waals surface area (Å²) in [6.07, 6.45) is 5.22. The maximum Gasteiger partial charge on any atom is 0.345 e. The molecule has 0 aliphatic carbocycles. The number of carbonyl (C=O) groups is 1. The fourth-order valence-corrected chi connectivity index (χ4v) is 5.56. The van der Waals surface area contributed by atoms with Crippen LogP contribution in [0.5, 0.6) is 0 Å². The van der Waals surface area contributed by atoms with Crippen molar-refractivity contribution in [3.8, 4) is 0 Å². The molecule has 1 spiro atoms. The predicted molar refractivity (Wildman–Crippen MR) is 91.8 cm³/mol. The molecular weight excluding hydrogens is 326 g/mol. The van der Waals surface area contributed by atoms with Crippen molar-refractivity contribution in [2.75, 3.05) is 39.5 Å². The van der Waals surface area contributed by atoms with Gasteiger partial charge in [-0.25, -0.2) is 4.79 Å². The molecule has 5 nitrogen and oxygen atoms in total. The van der Waals surface area contributed by atoms with E-state index in [4.69, 9.17) is 9.47 Å². The van der Waals surface area contributed by atoms with Gasteiger partial charge in [0.2, 0.25) is 0 Å². The molecule has 1 atom stereocenters. The molecule has 3 aliphatic heterocycles. The molecule has 4 rings (SSSR count). The largest absolute Gasteiger partial charge is 0.477 e. The molecule has 4 heterocycles. The second-order valence-corrected chi connectivity index (χ2v) is 8.30. The van der Waals surface area contributed by atoms with E-state index in [-0.39, 0.29) is 5.60 Å². The minimum absolute atomic E-state index is 0.245. The zero-order valence-electron chi connectivity index (χ0n) is 14.0. The van der Waals surface area contributed by atoms with E-state index in [0.717, 1.165) is 52.1 Å². The number of ether oxygens (including phenoxy) is 2. The number of rotatable bonds is 3. The number of fused-ring (bicyclic) bond motifs is 2. The zero-order chi connectivity index (χ0) is 16.6. The average Bonchev–Trinajstić information content (AvgIpc) is 3.04. The molecule has 132 valence electrons. The van der Waals surface area contributed by atoms with Gasteiger partial charge < -0.3 is 19.5 Å². The van der Waals surface area contributed by atoms with Crippen LogP contribution in [0.1, 0.15) is 45.8 Å². The van der Waals surface area contributed by atoms with Crippen molar-refractivity contribution in [3.63, 3.8) is 0 Å². The lowest BCUT2D eigenvalue weighted by Crippen LogP contribution is -2.47. The summed E-state index contributed by atoms with van der Waals surface area (Å²) in [5.74, 6) is -0.157. The highest BCUT2D eigenvalue weighted by Crippen LogP contribution is 2.45. The highest BCUT2D eigenvalue weighted by atomic mass is 32.1. The van der Waals surface area contributed by atoms with E-state index in [0.29, 0.717) is 17.4 Å². The van der Waals surface area contributed by atoms with Crippen LogP contribution in [0.2, 0.25) is 0 Å². The van der Waals surface area contributed by atoms with E-state index < -0.39 is 5.97 Å². The van der Waals surface area contributed by atoms with Gasteiger partial charge in [0.25, 0.3) is 0 Å². The maximum atomic E-state index is 11.3. The lowest BCUT2D eigenvalue weighted by Gasteiger charge is -2.44. The molecule has 2 saturated heterocycles.